The molecule has 4 heteroatoms. The predicted octanol–water partition coefficient (Wildman–Crippen LogP) is 1.62. The Bertz CT molecular complexity index is 505. The van der Waals surface area contributed by atoms with Gasteiger partial charge in [0.1, 0.15) is 0 Å². The normalized spacial score (nSPS) is 10.3. The molecule has 0 spiro atoms. The maximum absolute atomic E-state index is 11.7. The van der Waals surface area contributed by atoms with E-state index < -0.39 is 0 Å². The van der Waals surface area contributed by atoms with Crippen molar-refractivity contribution < 1.29 is 4.79 Å². The topological polar surface area (TPSA) is 57.8 Å². The minimum Gasteiger partial charge on any atom is -0.365 e. The van der Waals surface area contributed by atoms with Crippen LogP contribution in [-0.2, 0) is 17.6 Å². The molecule has 0 aliphatic rings. The van der Waals surface area contributed by atoms with E-state index in [9.17, 15) is 4.79 Å². The maximum Gasteiger partial charge on any atom is 0.224 e. The highest BCUT2D eigenvalue weighted by Gasteiger charge is 2.04. The molecule has 0 bridgehead atoms. The van der Waals surface area contributed by atoms with E-state index in [-0.39, 0.29) is 5.91 Å². The Hall–Kier alpha value is -2.10. The maximum atomic E-state index is 11.7. The van der Waals surface area contributed by atoms with Gasteiger partial charge >= 0.3 is 0 Å². The highest BCUT2D eigenvalue weighted by Crippen LogP contribution is 2.02. The zero-order valence-corrected chi connectivity index (χ0v) is 10.4. The molecule has 0 radical (unpaired) electrons. The number of nitrogens with one attached hydrogen (secondary N) is 2. The molecule has 1 amide bonds. The largest absolute Gasteiger partial charge is 0.365 e. The van der Waals surface area contributed by atoms with Crippen molar-refractivity contribution in [2.75, 3.05) is 6.54 Å². The van der Waals surface area contributed by atoms with Crippen LogP contribution in [0.25, 0.3) is 0 Å². The fraction of sp³-hybridized carbons (Fsp3) is 0.286. The summed E-state index contributed by atoms with van der Waals surface area (Å²) in [4.78, 5) is 18.9. The highest BCUT2D eigenvalue weighted by atomic mass is 16.1. The Labute approximate surface area is 106 Å². The van der Waals surface area contributed by atoms with E-state index in [4.69, 9.17) is 0 Å². The van der Waals surface area contributed by atoms with Crippen LogP contribution in [0, 0.1) is 6.92 Å². The molecule has 2 aromatic heterocycles. The third-order valence-corrected chi connectivity index (χ3v) is 2.68. The second kappa shape index (κ2) is 6.00. The molecule has 18 heavy (non-hydrogen) atoms. The first-order chi connectivity index (χ1) is 8.74. The minimum absolute atomic E-state index is 0.0462. The molecule has 0 aliphatic heterocycles. The van der Waals surface area contributed by atoms with Crippen molar-refractivity contribution in [3.63, 3.8) is 0 Å². The van der Waals surface area contributed by atoms with E-state index in [0.29, 0.717) is 13.0 Å². The molecule has 2 heterocycles. The average molecular weight is 243 g/mol. The van der Waals surface area contributed by atoms with Gasteiger partial charge in [-0.05, 0) is 30.7 Å². The lowest BCUT2D eigenvalue weighted by Crippen LogP contribution is -2.27. The number of aromatic nitrogens is 2. The molecule has 0 aliphatic carbocycles. The Morgan fingerprint density at radius 1 is 1.44 bits per heavy atom. The minimum atomic E-state index is 0.0462. The van der Waals surface area contributed by atoms with Gasteiger partial charge in [0.2, 0.25) is 5.91 Å². The summed E-state index contributed by atoms with van der Waals surface area (Å²) in [5, 5.41) is 2.90. The Morgan fingerprint density at radius 3 is 3.00 bits per heavy atom. The van der Waals surface area contributed by atoms with Crippen LogP contribution in [0.5, 0.6) is 0 Å². The van der Waals surface area contributed by atoms with E-state index in [2.05, 4.69) is 15.3 Å². The molecule has 94 valence electrons. The first kappa shape index (κ1) is 12.4. The number of pyridine rings is 1. The van der Waals surface area contributed by atoms with Gasteiger partial charge in [-0.3, -0.25) is 9.78 Å². The van der Waals surface area contributed by atoms with Gasteiger partial charge in [-0.1, -0.05) is 6.07 Å². The monoisotopic (exact) mass is 243 g/mol. The molecule has 0 saturated carbocycles. The van der Waals surface area contributed by atoms with Crippen LogP contribution in [-0.4, -0.2) is 22.4 Å². The predicted molar refractivity (Wildman–Crippen MR) is 70.2 cm³/mol. The zero-order chi connectivity index (χ0) is 12.8. The summed E-state index contributed by atoms with van der Waals surface area (Å²) in [5.74, 6) is 0.0462. The molecular formula is C14H17N3O. The number of aromatic amines is 1. The van der Waals surface area contributed by atoms with Crippen LogP contribution < -0.4 is 5.32 Å². The quantitative estimate of drug-likeness (QED) is 0.838. The lowest BCUT2D eigenvalue weighted by atomic mass is 10.2. The van der Waals surface area contributed by atoms with E-state index in [1.165, 1.54) is 0 Å². The molecule has 2 N–H and O–H groups in total. The molecule has 0 unspecified atom stereocenters. The number of nitrogens with zero attached hydrogens (tertiary/aromatic N) is 1. The SMILES string of the molecule is Cc1cc(CC(=O)NCCc2ccccn2)c[nH]1. The summed E-state index contributed by atoms with van der Waals surface area (Å²) < 4.78 is 0. The molecular weight excluding hydrogens is 226 g/mol. The summed E-state index contributed by atoms with van der Waals surface area (Å²) in [5.41, 5.74) is 3.09. The lowest BCUT2D eigenvalue weighted by molar-refractivity contribution is -0.120. The number of carbonyl (C=O) groups is 1. The van der Waals surface area contributed by atoms with E-state index in [0.717, 1.165) is 23.4 Å². The number of carbonyl (C=O) groups excluding carboxylic acids is 1. The Morgan fingerprint density at radius 2 is 2.33 bits per heavy atom. The number of aryl methyl sites for hydroxylation is 1. The third-order valence-electron chi connectivity index (χ3n) is 2.68. The average Bonchev–Trinajstić information content (AvgIpc) is 2.76. The van der Waals surface area contributed by atoms with Crippen LogP contribution in [0.4, 0.5) is 0 Å². The smallest absolute Gasteiger partial charge is 0.224 e. The third kappa shape index (κ3) is 3.73. The van der Waals surface area contributed by atoms with Crippen LogP contribution in [0.15, 0.2) is 36.7 Å². The summed E-state index contributed by atoms with van der Waals surface area (Å²) in [6.45, 7) is 2.60. The number of hydrogen-bond acceptors (Lipinski definition) is 2. The molecule has 0 fully saturated rings. The molecule has 2 aromatic rings. The Kier molecular flexibility index (Phi) is 4.12. The van der Waals surface area contributed by atoms with Crippen molar-refractivity contribution in [3.05, 3.63) is 53.6 Å². The number of H-pyrrole nitrogens is 1. The van der Waals surface area contributed by atoms with Gasteiger partial charge in [0.05, 0.1) is 6.42 Å². The van der Waals surface area contributed by atoms with Crippen molar-refractivity contribution in [2.45, 2.75) is 19.8 Å². The van der Waals surface area contributed by atoms with Crippen LogP contribution in [0.2, 0.25) is 0 Å². The van der Waals surface area contributed by atoms with Crippen molar-refractivity contribution in [3.8, 4) is 0 Å². The summed E-state index contributed by atoms with van der Waals surface area (Å²) >= 11 is 0. The standard InChI is InChI=1S/C14H17N3O/c1-11-8-12(10-17-11)9-14(18)16-7-5-13-4-2-3-6-15-13/h2-4,6,8,10,17H,5,7,9H2,1H3,(H,16,18). The van der Waals surface area contributed by atoms with Gasteiger partial charge in [0, 0.05) is 36.7 Å². The van der Waals surface area contributed by atoms with Gasteiger partial charge in [0.15, 0.2) is 0 Å². The van der Waals surface area contributed by atoms with Gasteiger partial charge in [-0.2, -0.15) is 0 Å². The molecule has 4 nitrogen and oxygen atoms in total. The fourth-order valence-electron chi connectivity index (χ4n) is 1.79. The summed E-state index contributed by atoms with van der Waals surface area (Å²) in [7, 11) is 0. The van der Waals surface area contributed by atoms with E-state index in [1.54, 1.807) is 6.20 Å². The highest BCUT2D eigenvalue weighted by molar-refractivity contribution is 5.78. The second-order valence-electron chi connectivity index (χ2n) is 4.29. The number of amides is 1. The van der Waals surface area contributed by atoms with Crippen molar-refractivity contribution in [1.29, 1.82) is 0 Å². The zero-order valence-electron chi connectivity index (χ0n) is 10.4. The van der Waals surface area contributed by atoms with Gasteiger partial charge in [0.25, 0.3) is 0 Å². The lowest BCUT2D eigenvalue weighted by Gasteiger charge is -2.03. The molecule has 0 saturated heterocycles. The fourth-order valence-corrected chi connectivity index (χ4v) is 1.79. The van der Waals surface area contributed by atoms with Crippen LogP contribution >= 0.6 is 0 Å². The summed E-state index contributed by atoms with van der Waals surface area (Å²) in [6.07, 6.45) is 4.82. The van der Waals surface area contributed by atoms with Gasteiger partial charge < -0.3 is 10.3 Å². The van der Waals surface area contributed by atoms with Gasteiger partial charge in [-0.15, -0.1) is 0 Å². The first-order valence-corrected chi connectivity index (χ1v) is 6.04. The Balaban J connectivity index is 1.72. The summed E-state index contributed by atoms with van der Waals surface area (Å²) in [6, 6.07) is 7.78. The molecule has 0 aromatic carbocycles. The number of hydrogen-bond donors (Lipinski definition) is 2. The molecule has 0 atom stereocenters. The first-order valence-electron chi connectivity index (χ1n) is 6.04. The number of rotatable bonds is 5. The van der Waals surface area contributed by atoms with E-state index in [1.807, 2.05) is 37.4 Å². The van der Waals surface area contributed by atoms with Crippen LogP contribution in [0.3, 0.4) is 0 Å². The van der Waals surface area contributed by atoms with Crippen molar-refractivity contribution in [1.82, 2.24) is 15.3 Å². The molecule has 2 rings (SSSR count). The van der Waals surface area contributed by atoms with Crippen LogP contribution in [0.1, 0.15) is 17.0 Å². The van der Waals surface area contributed by atoms with Crippen molar-refractivity contribution >= 4 is 5.91 Å². The van der Waals surface area contributed by atoms with Gasteiger partial charge in [-0.25, -0.2) is 0 Å². The van der Waals surface area contributed by atoms with E-state index >= 15 is 0 Å². The van der Waals surface area contributed by atoms with Crippen molar-refractivity contribution in [2.24, 2.45) is 0 Å². The second-order valence-corrected chi connectivity index (χ2v) is 4.29.